The summed E-state index contributed by atoms with van der Waals surface area (Å²) in [6.07, 6.45) is 1.76. The second-order valence-corrected chi connectivity index (χ2v) is 4.20. The Hall–Kier alpha value is -2.23. The Morgan fingerprint density at radius 2 is 1.67 bits per heavy atom. The van der Waals surface area contributed by atoms with Crippen molar-refractivity contribution in [2.24, 2.45) is 7.05 Å². The van der Waals surface area contributed by atoms with Crippen LogP contribution in [0.1, 0.15) is 0 Å². The molecule has 0 radical (unpaired) electrons. The van der Waals surface area contributed by atoms with Gasteiger partial charge in [0.1, 0.15) is 11.6 Å². The van der Waals surface area contributed by atoms with Crippen LogP contribution in [-0.4, -0.2) is 9.78 Å². The van der Waals surface area contributed by atoms with Crippen LogP contribution in [0.4, 0.5) is 8.78 Å². The van der Waals surface area contributed by atoms with Crippen molar-refractivity contribution in [2.45, 2.75) is 0 Å². The normalized spacial score (nSPS) is 11.1. The molecule has 3 rings (SSSR count). The van der Waals surface area contributed by atoms with Gasteiger partial charge in [0.05, 0.1) is 11.7 Å². The third-order valence-corrected chi connectivity index (χ3v) is 2.94. The molecule has 0 amide bonds. The van der Waals surface area contributed by atoms with Gasteiger partial charge in [-0.2, -0.15) is 5.10 Å². The van der Waals surface area contributed by atoms with E-state index in [1.165, 1.54) is 12.1 Å². The minimum absolute atomic E-state index is 0.524. The highest BCUT2D eigenvalue weighted by Crippen LogP contribution is 2.25. The molecule has 3 aromatic rings. The second-order valence-electron chi connectivity index (χ2n) is 4.20. The zero-order valence-corrected chi connectivity index (χ0v) is 9.69. The Balaban J connectivity index is 2.21. The van der Waals surface area contributed by atoms with Crippen molar-refractivity contribution in [3.63, 3.8) is 0 Å². The molecule has 0 spiro atoms. The SMILES string of the molecule is Cn1ncc2ccc(-c3cc(F)cc(F)c3)cc21. The number of nitrogens with zero attached hydrogens (tertiary/aromatic N) is 2. The molecule has 1 aromatic heterocycles. The molecule has 0 aliphatic heterocycles. The van der Waals surface area contributed by atoms with Crippen LogP contribution in [0.3, 0.4) is 0 Å². The van der Waals surface area contributed by atoms with Gasteiger partial charge in [-0.1, -0.05) is 12.1 Å². The molecule has 18 heavy (non-hydrogen) atoms. The van der Waals surface area contributed by atoms with Crippen molar-refractivity contribution < 1.29 is 8.78 Å². The van der Waals surface area contributed by atoms with E-state index in [1.54, 1.807) is 10.9 Å². The van der Waals surface area contributed by atoms with E-state index >= 15 is 0 Å². The molecule has 90 valence electrons. The molecule has 0 aliphatic carbocycles. The minimum atomic E-state index is -0.574. The van der Waals surface area contributed by atoms with Crippen molar-refractivity contribution in [3.05, 3.63) is 54.2 Å². The topological polar surface area (TPSA) is 17.8 Å². The highest BCUT2D eigenvalue weighted by molar-refractivity contribution is 5.84. The third kappa shape index (κ3) is 1.76. The fourth-order valence-electron chi connectivity index (χ4n) is 2.04. The number of benzene rings is 2. The van der Waals surface area contributed by atoms with Crippen molar-refractivity contribution in [1.82, 2.24) is 9.78 Å². The highest BCUT2D eigenvalue weighted by Gasteiger charge is 2.06. The van der Waals surface area contributed by atoms with Crippen LogP contribution in [-0.2, 0) is 7.05 Å². The van der Waals surface area contributed by atoms with Gasteiger partial charge in [0.2, 0.25) is 0 Å². The quantitative estimate of drug-likeness (QED) is 0.640. The van der Waals surface area contributed by atoms with E-state index in [0.29, 0.717) is 5.56 Å². The minimum Gasteiger partial charge on any atom is -0.268 e. The maximum atomic E-state index is 13.2. The molecule has 4 heteroatoms. The summed E-state index contributed by atoms with van der Waals surface area (Å²) in [6, 6.07) is 9.10. The van der Waals surface area contributed by atoms with Gasteiger partial charge in [-0.15, -0.1) is 0 Å². The molecular formula is C14H10F2N2. The molecule has 0 unspecified atom stereocenters. The van der Waals surface area contributed by atoms with Crippen LogP contribution < -0.4 is 0 Å². The van der Waals surface area contributed by atoms with E-state index in [0.717, 1.165) is 22.5 Å². The first kappa shape index (κ1) is 10.9. The fourth-order valence-corrected chi connectivity index (χ4v) is 2.04. The third-order valence-electron chi connectivity index (χ3n) is 2.94. The van der Waals surface area contributed by atoms with Crippen LogP contribution in [0.5, 0.6) is 0 Å². The van der Waals surface area contributed by atoms with Gasteiger partial charge >= 0.3 is 0 Å². The first-order chi connectivity index (χ1) is 8.63. The molecule has 0 saturated carbocycles. The smallest absolute Gasteiger partial charge is 0.126 e. The molecule has 0 atom stereocenters. The van der Waals surface area contributed by atoms with Gasteiger partial charge in [0, 0.05) is 18.5 Å². The Morgan fingerprint density at radius 3 is 2.39 bits per heavy atom. The number of hydrogen-bond acceptors (Lipinski definition) is 1. The van der Waals surface area contributed by atoms with Crippen LogP contribution in [0.15, 0.2) is 42.6 Å². The number of rotatable bonds is 1. The summed E-state index contributed by atoms with van der Waals surface area (Å²) in [6.45, 7) is 0. The van der Waals surface area contributed by atoms with Crippen LogP contribution in [0, 0.1) is 11.6 Å². The van der Waals surface area contributed by atoms with Crippen LogP contribution in [0.2, 0.25) is 0 Å². The van der Waals surface area contributed by atoms with Gasteiger partial charge < -0.3 is 0 Å². The van der Waals surface area contributed by atoms with Gasteiger partial charge in [-0.05, 0) is 29.3 Å². The first-order valence-electron chi connectivity index (χ1n) is 5.52. The number of fused-ring (bicyclic) bond motifs is 1. The molecule has 1 heterocycles. The van der Waals surface area contributed by atoms with Crippen molar-refractivity contribution in [2.75, 3.05) is 0 Å². The lowest BCUT2D eigenvalue weighted by Gasteiger charge is -2.03. The molecule has 2 nitrogen and oxygen atoms in total. The largest absolute Gasteiger partial charge is 0.268 e. The molecule has 0 bridgehead atoms. The van der Waals surface area contributed by atoms with E-state index in [1.807, 2.05) is 25.2 Å². The highest BCUT2D eigenvalue weighted by atomic mass is 19.1. The van der Waals surface area contributed by atoms with Gasteiger partial charge in [-0.25, -0.2) is 8.78 Å². The predicted molar refractivity (Wildman–Crippen MR) is 66.1 cm³/mol. The summed E-state index contributed by atoms with van der Waals surface area (Å²) in [5.41, 5.74) is 2.22. The zero-order chi connectivity index (χ0) is 12.7. The number of aryl methyl sites for hydroxylation is 1. The molecule has 0 fully saturated rings. The number of aromatic nitrogens is 2. The Labute approximate surface area is 102 Å². The lowest BCUT2D eigenvalue weighted by Crippen LogP contribution is -1.89. The second kappa shape index (κ2) is 3.91. The summed E-state index contributed by atoms with van der Waals surface area (Å²) in [5.74, 6) is -1.15. The van der Waals surface area contributed by atoms with Crippen molar-refractivity contribution >= 4 is 10.9 Å². The van der Waals surface area contributed by atoms with Crippen LogP contribution >= 0.6 is 0 Å². The van der Waals surface area contributed by atoms with Gasteiger partial charge in [0.25, 0.3) is 0 Å². The summed E-state index contributed by atoms with van der Waals surface area (Å²) >= 11 is 0. The molecular weight excluding hydrogens is 234 g/mol. The van der Waals surface area contributed by atoms with E-state index in [4.69, 9.17) is 0 Å². The number of hydrogen-bond donors (Lipinski definition) is 0. The van der Waals surface area contributed by atoms with E-state index in [2.05, 4.69) is 5.10 Å². The summed E-state index contributed by atoms with van der Waals surface area (Å²) < 4.78 is 28.1. The van der Waals surface area contributed by atoms with E-state index in [-0.39, 0.29) is 0 Å². The molecule has 0 aliphatic rings. The molecule has 0 N–H and O–H groups in total. The average molecular weight is 244 g/mol. The Bertz CT molecular complexity index is 711. The predicted octanol–water partition coefficient (Wildman–Crippen LogP) is 3.52. The van der Waals surface area contributed by atoms with Crippen LogP contribution in [0.25, 0.3) is 22.0 Å². The zero-order valence-electron chi connectivity index (χ0n) is 9.69. The summed E-state index contributed by atoms with van der Waals surface area (Å²) in [4.78, 5) is 0. The summed E-state index contributed by atoms with van der Waals surface area (Å²) in [7, 11) is 1.83. The van der Waals surface area contributed by atoms with E-state index < -0.39 is 11.6 Å². The van der Waals surface area contributed by atoms with Crippen molar-refractivity contribution in [1.29, 1.82) is 0 Å². The van der Waals surface area contributed by atoms with Gasteiger partial charge in [0.15, 0.2) is 0 Å². The maximum absolute atomic E-state index is 13.2. The summed E-state index contributed by atoms with van der Waals surface area (Å²) in [5, 5.41) is 5.13. The number of halogens is 2. The first-order valence-corrected chi connectivity index (χ1v) is 5.52. The van der Waals surface area contributed by atoms with E-state index in [9.17, 15) is 8.78 Å². The van der Waals surface area contributed by atoms with Gasteiger partial charge in [-0.3, -0.25) is 4.68 Å². The lowest BCUT2D eigenvalue weighted by molar-refractivity contribution is 0.584. The average Bonchev–Trinajstić information content (AvgIpc) is 2.69. The Morgan fingerprint density at radius 1 is 0.944 bits per heavy atom. The maximum Gasteiger partial charge on any atom is 0.126 e. The molecule has 2 aromatic carbocycles. The lowest BCUT2D eigenvalue weighted by atomic mass is 10.0. The standard InChI is InChI=1S/C14H10F2N2/c1-18-14-6-9(2-3-10(14)8-17-18)11-4-12(15)7-13(16)5-11/h2-8H,1H3. The Kier molecular flexibility index (Phi) is 2.37. The monoisotopic (exact) mass is 244 g/mol. The molecule has 0 saturated heterocycles. The fraction of sp³-hybridized carbons (Fsp3) is 0.0714. The van der Waals surface area contributed by atoms with Crippen molar-refractivity contribution in [3.8, 4) is 11.1 Å².